The van der Waals surface area contributed by atoms with Gasteiger partial charge < -0.3 is 15.3 Å². The van der Waals surface area contributed by atoms with Crippen LogP contribution in [0.4, 0.5) is 0 Å². The van der Waals surface area contributed by atoms with E-state index in [0.29, 0.717) is 0 Å². The lowest BCUT2D eigenvalue weighted by molar-refractivity contribution is -0.0202. The lowest BCUT2D eigenvalue weighted by atomic mass is 9.91. The summed E-state index contributed by atoms with van der Waals surface area (Å²) in [6.07, 6.45) is 2.05. The molecule has 1 saturated heterocycles. The van der Waals surface area contributed by atoms with Crippen LogP contribution in [-0.4, -0.2) is 48.3 Å². The van der Waals surface area contributed by atoms with Crippen LogP contribution >= 0.6 is 0 Å². The van der Waals surface area contributed by atoms with Gasteiger partial charge in [0, 0.05) is 13.1 Å². The van der Waals surface area contributed by atoms with E-state index in [0.717, 1.165) is 45.6 Å². The van der Waals surface area contributed by atoms with Crippen LogP contribution in [0.15, 0.2) is 0 Å². The third-order valence-electron chi connectivity index (χ3n) is 2.92. The molecule has 78 valence electrons. The first-order valence-corrected chi connectivity index (χ1v) is 5.35. The Bertz CT molecular complexity index is 142. The quantitative estimate of drug-likeness (QED) is 0.632. The van der Waals surface area contributed by atoms with Gasteiger partial charge in [0.2, 0.25) is 0 Å². The molecule has 0 aromatic heterocycles. The smallest absolute Gasteiger partial charge is 0.0895 e. The number of nitrogens with zero attached hydrogens (tertiary/aromatic N) is 1. The first kappa shape index (κ1) is 11.0. The maximum atomic E-state index is 9.79. The van der Waals surface area contributed by atoms with Gasteiger partial charge in [0.25, 0.3) is 0 Å². The van der Waals surface area contributed by atoms with E-state index in [1.54, 1.807) is 0 Å². The molecule has 1 fully saturated rings. The zero-order valence-corrected chi connectivity index (χ0v) is 8.84. The molecule has 3 nitrogen and oxygen atoms in total. The molecule has 0 amide bonds. The highest BCUT2D eigenvalue weighted by Crippen LogP contribution is 2.17. The summed E-state index contributed by atoms with van der Waals surface area (Å²) in [6.45, 7) is 9.29. The lowest BCUT2D eigenvalue weighted by Gasteiger charge is -2.38. The normalized spacial score (nSPS) is 20.3. The summed E-state index contributed by atoms with van der Waals surface area (Å²) < 4.78 is 0. The molecule has 0 radical (unpaired) electrons. The second-order valence-electron chi connectivity index (χ2n) is 3.96. The number of nitrogens with one attached hydrogen (secondary N) is 1. The van der Waals surface area contributed by atoms with E-state index in [1.165, 1.54) is 0 Å². The molecule has 0 aromatic rings. The topological polar surface area (TPSA) is 35.5 Å². The maximum Gasteiger partial charge on any atom is 0.0895 e. The van der Waals surface area contributed by atoms with Crippen molar-refractivity contribution in [2.75, 3.05) is 32.7 Å². The number of β-amino-alcohol motifs (C(OH)–C–C–N with tert-alkyl or cyclic N) is 1. The van der Waals surface area contributed by atoms with E-state index in [-0.39, 0.29) is 5.60 Å². The zero-order chi connectivity index (χ0) is 9.73. The van der Waals surface area contributed by atoms with Gasteiger partial charge in [-0.1, -0.05) is 13.8 Å². The van der Waals surface area contributed by atoms with Crippen LogP contribution in [0.1, 0.15) is 26.7 Å². The van der Waals surface area contributed by atoms with Crippen LogP contribution in [0.25, 0.3) is 0 Å². The van der Waals surface area contributed by atoms with E-state index >= 15 is 0 Å². The predicted molar refractivity (Wildman–Crippen MR) is 54.8 cm³/mol. The lowest BCUT2D eigenvalue weighted by Crippen LogP contribution is -2.59. The Labute approximate surface area is 81.1 Å². The first-order chi connectivity index (χ1) is 6.20. The molecule has 0 unspecified atom stereocenters. The fourth-order valence-corrected chi connectivity index (χ4v) is 1.76. The molecule has 3 heteroatoms. The van der Waals surface area contributed by atoms with Gasteiger partial charge in [0.05, 0.1) is 5.60 Å². The number of hydrogen-bond acceptors (Lipinski definition) is 3. The molecule has 0 saturated carbocycles. The molecule has 0 aliphatic carbocycles. The average molecular weight is 186 g/mol. The Morgan fingerprint density at radius 2 is 1.92 bits per heavy atom. The Balaban J connectivity index is 2.05. The van der Waals surface area contributed by atoms with Crippen molar-refractivity contribution in [2.24, 2.45) is 0 Å². The van der Waals surface area contributed by atoms with Crippen molar-refractivity contribution in [1.29, 1.82) is 0 Å². The number of rotatable bonds is 6. The van der Waals surface area contributed by atoms with Crippen LogP contribution in [0, 0.1) is 0 Å². The van der Waals surface area contributed by atoms with Gasteiger partial charge in [-0.05, 0) is 32.5 Å². The van der Waals surface area contributed by atoms with Crippen molar-refractivity contribution in [2.45, 2.75) is 32.3 Å². The van der Waals surface area contributed by atoms with Crippen LogP contribution in [0.2, 0.25) is 0 Å². The fourth-order valence-electron chi connectivity index (χ4n) is 1.76. The highest BCUT2D eigenvalue weighted by Gasteiger charge is 2.33. The van der Waals surface area contributed by atoms with E-state index in [9.17, 15) is 5.11 Å². The molecule has 1 aliphatic rings. The third-order valence-corrected chi connectivity index (χ3v) is 2.92. The van der Waals surface area contributed by atoms with Gasteiger partial charge in [-0.3, -0.25) is 0 Å². The number of hydrogen-bond donors (Lipinski definition) is 2. The van der Waals surface area contributed by atoms with Crippen LogP contribution in [0.5, 0.6) is 0 Å². The van der Waals surface area contributed by atoms with Gasteiger partial charge in [-0.15, -0.1) is 0 Å². The molecule has 2 N–H and O–H groups in total. The Hall–Kier alpha value is -0.120. The predicted octanol–water partition coefficient (Wildman–Crippen LogP) is 0.443. The van der Waals surface area contributed by atoms with Crippen LogP contribution in [0.3, 0.4) is 0 Å². The molecular weight excluding hydrogens is 164 g/mol. The van der Waals surface area contributed by atoms with Crippen molar-refractivity contribution < 1.29 is 5.11 Å². The minimum absolute atomic E-state index is 0.382. The largest absolute Gasteiger partial charge is 0.387 e. The minimum Gasteiger partial charge on any atom is -0.387 e. The van der Waals surface area contributed by atoms with Gasteiger partial charge in [-0.25, -0.2) is 0 Å². The molecule has 1 heterocycles. The Kier molecular flexibility index (Phi) is 4.16. The first-order valence-electron chi connectivity index (χ1n) is 5.35. The maximum absolute atomic E-state index is 9.79. The second-order valence-corrected chi connectivity index (χ2v) is 3.96. The molecule has 13 heavy (non-hydrogen) atoms. The molecule has 0 bridgehead atoms. The fraction of sp³-hybridized carbons (Fsp3) is 1.00. The molecule has 1 rings (SSSR count). The third kappa shape index (κ3) is 3.25. The Morgan fingerprint density at radius 3 is 2.31 bits per heavy atom. The monoisotopic (exact) mass is 186 g/mol. The van der Waals surface area contributed by atoms with Crippen molar-refractivity contribution in [3.05, 3.63) is 0 Å². The summed E-state index contributed by atoms with van der Waals surface area (Å²) >= 11 is 0. The highest BCUT2D eigenvalue weighted by atomic mass is 16.3. The second kappa shape index (κ2) is 4.94. The van der Waals surface area contributed by atoms with Gasteiger partial charge >= 0.3 is 0 Å². The summed E-state index contributed by atoms with van der Waals surface area (Å²) in [5.74, 6) is 0. The van der Waals surface area contributed by atoms with Crippen molar-refractivity contribution in [3.8, 4) is 0 Å². The van der Waals surface area contributed by atoms with Gasteiger partial charge in [0.1, 0.15) is 0 Å². The summed E-state index contributed by atoms with van der Waals surface area (Å²) in [7, 11) is 0. The van der Waals surface area contributed by atoms with E-state index in [1.807, 2.05) is 0 Å². The molecule has 0 spiro atoms. The van der Waals surface area contributed by atoms with Crippen LogP contribution in [-0.2, 0) is 0 Å². The molecule has 0 aromatic carbocycles. The summed E-state index contributed by atoms with van der Waals surface area (Å²) in [5.41, 5.74) is -0.382. The molecular formula is C10H22N2O. The summed E-state index contributed by atoms with van der Waals surface area (Å²) in [4.78, 5) is 2.40. The highest BCUT2D eigenvalue weighted by molar-refractivity contribution is 4.92. The standard InChI is InChI=1S/C10H22N2O/c1-3-12(4-2)7-5-6-10(13)8-11-9-10/h11,13H,3-9H2,1-2H3. The van der Waals surface area contributed by atoms with E-state index < -0.39 is 0 Å². The van der Waals surface area contributed by atoms with Crippen molar-refractivity contribution in [1.82, 2.24) is 10.2 Å². The van der Waals surface area contributed by atoms with Crippen molar-refractivity contribution >= 4 is 0 Å². The van der Waals surface area contributed by atoms with Crippen LogP contribution < -0.4 is 5.32 Å². The SMILES string of the molecule is CCN(CC)CCCC1(O)CNC1. The average Bonchev–Trinajstić information content (AvgIpc) is 2.10. The zero-order valence-electron chi connectivity index (χ0n) is 8.84. The number of aliphatic hydroxyl groups is 1. The summed E-state index contributed by atoms with van der Waals surface area (Å²) in [5, 5.41) is 12.9. The van der Waals surface area contributed by atoms with Crippen molar-refractivity contribution in [3.63, 3.8) is 0 Å². The van der Waals surface area contributed by atoms with Gasteiger partial charge in [-0.2, -0.15) is 0 Å². The molecule has 0 atom stereocenters. The van der Waals surface area contributed by atoms with E-state index in [4.69, 9.17) is 0 Å². The summed E-state index contributed by atoms with van der Waals surface area (Å²) in [6, 6.07) is 0. The molecule has 1 aliphatic heterocycles. The minimum atomic E-state index is -0.382. The Morgan fingerprint density at radius 1 is 1.31 bits per heavy atom. The van der Waals surface area contributed by atoms with Gasteiger partial charge in [0.15, 0.2) is 0 Å². The van der Waals surface area contributed by atoms with E-state index in [2.05, 4.69) is 24.1 Å².